The number of likely N-dealkylation sites (tertiary alicyclic amines) is 1. The lowest BCUT2D eigenvalue weighted by molar-refractivity contribution is -0.146. The molecule has 1 unspecified atom stereocenters. The molecule has 3 aliphatic rings. The highest BCUT2D eigenvalue weighted by Gasteiger charge is 2.50. The smallest absolute Gasteiger partial charge is 0.289 e. The number of Topliss-reactive ketones (excluding diaryl/α,β-unsaturated/α-hetero) is 1. The standard InChI is InChI=1S/C36H62N6O8S/c1-9-14-25-21(3)20-42(28(25)33(46)38-26(15-10-2)29(43)34(47)37-24-18-19-24)35(48)30(36(5,6)7)40-32(45)27(23-16-12-11-13-17-23)39-31(44)22(4)41-51(8,49)50/h21-28,30,41H,9-20H2,1-8H3,(H,37,47)(H,38,46)(H,39,44)(H,40,45)/t21-,22+,25-,26-,27?,28-,30+/m0/s1. The summed E-state index contributed by atoms with van der Waals surface area (Å²) in [5.41, 5.74) is -0.812. The molecule has 15 heteroatoms. The van der Waals surface area contributed by atoms with Crippen molar-refractivity contribution in [2.75, 3.05) is 12.8 Å². The van der Waals surface area contributed by atoms with Gasteiger partial charge in [-0.15, -0.1) is 0 Å². The van der Waals surface area contributed by atoms with Crippen molar-refractivity contribution >= 4 is 45.3 Å². The Bertz CT molecular complexity index is 1390. The fourth-order valence-corrected chi connectivity index (χ4v) is 8.21. The number of sulfonamides is 1. The van der Waals surface area contributed by atoms with Crippen molar-refractivity contribution in [3.8, 4) is 0 Å². The Balaban J connectivity index is 1.90. The van der Waals surface area contributed by atoms with Crippen LogP contribution in [0.3, 0.4) is 0 Å². The Hall–Kier alpha value is -3.07. The maximum absolute atomic E-state index is 14.6. The normalized spacial score (nSPS) is 23.8. The maximum atomic E-state index is 14.6. The third-order valence-electron chi connectivity index (χ3n) is 10.4. The number of hydrogen-bond acceptors (Lipinski definition) is 8. The van der Waals surface area contributed by atoms with Crippen LogP contribution in [0.25, 0.3) is 0 Å². The number of ketones is 1. The Morgan fingerprint density at radius 3 is 2.02 bits per heavy atom. The van der Waals surface area contributed by atoms with Gasteiger partial charge in [0.05, 0.1) is 18.3 Å². The van der Waals surface area contributed by atoms with Crippen molar-refractivity contribution in [2.24, 2.45) is 23.2 Å². The van der Waals surface area contributed by atoms with E-state index in [4.69, 9.17) is 0 Å². The molecule has 0 aromatic carbocycles. The third-order valence-corrected chi connectivity index (χ3v) is 11.1. The molecule has 0 aromatic heterocycles. The summed E-state index contributed by atoms with van der Waals surface area (Å²) in [6.07, 6.45) is 8.92. The fourth-order valence-electron chi connectivity index (χ4n) is 7.46. The molecule has 0 aromatic rings. The lowest BCUT2D eigenvalue weighted by atomic mass is 9.82. The van der Waals surface area contributed by atoms with Crippen LogP contribution in [-0.2, 0) is 38.8 Å². The molecule has 1 aliphatic heterocycles. The summed E-state index contributed by atoms with van der Waals surface area (Å²) in [5.74, 6) is -4.07. The van der Waals surface area contributed by atoms with Crippen LogP contribution in [0, 0.1) is 23.2 Å². The van der Waals surface area contributed by atoms with Crippen molar-refractivity contribution in [1.82, 2.24) is 30.9 Å². The summed E-state index contributed by atoms with van der Waals surface area (Å²) in [6, 6.07) is -5.19. The quantitative estimate of drug-likeness (QED) is 0.139. The summed E-state index contributed by atoms with van der Waals surface area (Å²) in [4.78, 5) is 83.4. The number of hydrogen-bond donors (Lipinski definition) is 5. The fraction of sp³-hybridized carbons (Fsp3) is 0.833. The van der Waals surface area contributed by atoms with Gasteiger partial charge in [0.2, 0.25) is 39.4 Å². The number of rotatable bonds is 17. The van der Waals surface area contributed by atoms with Gasteiger partial charge in [-0.3, -0.25) is 28.8 Å². The number of carbonyl (C=O) groups excluding carboxylic acids is 6. The molecule has 5 amide bonds. The molecule has 5 N–H and O–H groups in total. The minimum absolute atomic E-state index is 0.0136. The van der Waals surface area contributed by atoms with Gasteiger partial charge >= 0.3 is 0 Å². The van der Waals surface area contributed by atoms with E-state index in [1.807, 2.05) is 41.5 Å². The van der Waals surface area contributed by atoms with E-state index >= 15 is 0 Å². The molecular formula is C36H62N6O8S. The van der Waals surface area contributed by atoms with E-state index in [1.165, 1.54) is 11.8 Å². The zero-order chi connectivity index (χ0) is 38.3. The molecule has 1 heterocycles. The topological polar surface area (TPSA) is 200 Å². The van der Waals surface area contributed by atoms with E-state index in [0.29, 0.717) is 25.7 Å². The maximum Gasteiger partial charge on any atom is 0.289 e. The first-order valence-corrected chi connectivity index (χ1v) is 20.7. The monoisotopic (exact) mass is 738 g/mol. The Morgan fingerprint density at radius 1 is 0.863 bits per heavy atom. The number of amides is 5. The van der Waals surface area contributed by atoms with E-state index in [-0.39, 0.29) is 36.8 Å². The van der Waals surface area contributed by atoms with Crippen LogP contribution < -0.4 is 26.0 Å². The van der Waals surface area contributed by atoms with Crippen LogP contribution in [0.1, 0.15) is 119 Å². The van der Waals surface area contributed by atoms with Gasteiger partial charge in [-0.05, 0) is 68.6 Å². The highest BCUT2D eigenvalue weighted by atomic mass is 32.2. The van der Waals surface area contributed by atoms with Crippen molar-refractivity contribution in [1.29, 1.82) is 0 Å². The molecule has 2 saturated carbocycles. The van der Waals surface area contributed by atoms with Crippen LogP contribution in [-0.4, -0.2) is 97.7 Å². The molecule has 0 bridgehead atoms. The number of carbonyl (C=O) groups is 6. The highest BCUT2D eigenvalue weighted by Crippen LogP contribution is 2.36. The molecule has 3 fully saturated rings. The molecule has 0 radical (unpaired) electrons. The predicted molar refractivity (Wildman–Crippen MR) is 193 cm³/mol. The van der Waals surface area contributed by atoms with E-state index in [2.05, 4.69) is 26.0 Å². The summed E-state index contributed by atoms with van der Waals surface area (Å²) in [6.45, 7) is 13.0. The first kappa shape index (κ1) is 42.3. The van der Waals surface area contributed by atoms with Crippen LogP contribution in [0.2, 0.25) is 0 Å². The SMILES string of the molecule is CCC[C@@H]1[C@@H](C(=O)N[C@@H](CCC)C(=O)C(=O)NC2CC2)N(C(=O)[C@@H](NC(=O)C(NC(=O)[C@@H](C)NS(C)(=O)=O)C2CCCCC2)C(C)(C)C)C[C@@H]1C. The van der Waals surface area contributed by atoms with E-state index < -0.39 is 81.0 Å². The zero-order valence-electron chi connectivity index (χ0n) is 31.8. The first-order chi connectivity index (χ1) is 23.8. The molecule has 3 rings (SSSR count). The molecule has 51 heavy (non-hydrogen) atoms. The minimum atomic E-state index is -3.69. The average molecular weight is 739 g/mol. The molecule has 1 saturated heterocycles. The van der Waals surface area contributed by atoms with Crippen molar-refractivity contribution < 1.29 is 37.2 Å². The van der Waals surface area contributed by atoms with Gasteiger partial charge in [0.15, 0.2) is 0 Å². The van der Waals surface area contributed by atoms with Gasteiger partial charge in [0, 0.05) is 12.6 Å². The summed E-state index contributed by atoms with van der Waals surface area (Å²) >= 11 is 0. The lowest BCUT2D eigenvalue weighted by Crippen LogP contribution is -2.63. The lowest BCUT2D eigenvalue weighted by Gasteiger charge is -2.38. The zero-order valence-corrected chi connectivity index (χ0v) is 32.6. The number of nitrogens with one attached hydrogen (secondary N) is 5. The third kappa shape index (κ3) is 12.0. The van der Waals surface area contributed by atoms with Gasteiger partial charge < -0.3 is 26.2 Å². The van der Waals surface area contributed by atoms with Crippen LogP contribution >= 0.6 is 0 Å². The van der Waals surface area contributed by atoms with Gasteiger partial charge in [-0.25, -0.2) is 13.1 Å². The van der Waals surface area contributed by atoms with Gasteiger partial charge in [0.1, 0.15) is 18.1 Å². The average Bonchev–Trinajstić information content (AvgIpc) is 3.80. The highest BCUT2D eigenvalue weighted by molar-refractivity contribution is 7.88. The van der Waals surface area contributed by atoms with Crippen LogP contribution in [0.15, 0.2) is 0 Å². The van der Waals surface area contributed by atoms with Gasteiger partial charge in [-0.2, -0.15) is 0 Å². The molecule has 7 atom stereocenters. The van der Waals surface area contributed by atoms with Crippen LogP contribution in [0.4, 0.5) is 0 Å². The predicted octanol–water partition coefficient (Wildman–Crippen LogP) is 1.92. The van der Waals surface area contributed by atoms with E-state index in [1.54, 1.807) is 0 Å². The van der Waals surface area contributed by atoms with Crippen LogP contribution in [0.5, 0.6) is 0 Å². The second kappa shape index (κ2) is 18.1. The molecule has 0 spiro atoms. The largest absolute Gasteiger partial charge is 0.347 e. The molecule has 2 aliphatic carbocycles. The summed E-state index contributed by atoms with van der Waals surface area (Å²) in [7, 11) is -3.69. The van der Waals surface area contributed by atoms with Gasteiger partial charge in [0.25, 0.3) is 5.91 Å². The Kier molecular flexibility index (Phi) is 15.0. The van der Waals surface area contributed by atoms with Gasteiger partial charge in [-0.1, -0.05) is 73.6 Å². The summed E-state index contributed by atoms with van der Waals surface area (Å²) in [5, 5.41) is 11.2. The van der Waals surface area contributed by atoms with Crippen molar-refractivity contribution in [2.45, 2.75) is 155 Å². The van der Waals surface area contributed by atoms with Crippen molar-refractivity contribution in [3.05, 3.63) is 0 Å². The minimum Gasteiger partial charge on any atom is -0.347 e. The summed E-state index contributed by atoms with van der Waals surface area (Å²) < 4.78 is 25.9. The second-order valence-corrected chi connectivity index (χ2v) is 17.9. The molecular weight excluding hydrogens is 676 g/mol. The Labute approximate surface area is 304 Å². The number of nitrogens with zero attached hydrogens (tertiary/aromatic N) is 1. The first-order valence-electron chi connectivity index (χ1n) is 18.8. The molecule has 290 valence electrons. The Morgan fingerprint density at radius 2 is 1.49 bits per heavy atom. The molecule has 14 nitrogen and oxygen atoms in total. The van der Waals surface area contributed by atoms with Crippen molar-refractivity contribution in [3.63, 3.8) is 0 Å². The van der Waals surface area contributed by atoms with E-state index in [0.717, 1.165) is 44.8 Å². The second-order valence-electron chi connectivity index (χ2n) is 16.1. The van der Waals surface area contributed by atoms with E-state index in [9.17, 15) is 37.2 Å².